The summed E-state index contributed by atoms with van der Waals surface area (Å²) in [5, 5.41) is 10.2. The minimum absolute atomic E-state index is 0.0919. The highest BCUT2D eigenvalue weighted by Crippen LogP contribution is 2.29. The number of carbonyl (C=O) groups excluding carboxylic acids is 1. The number of carbonyl (C=O) groups is 1. The lowest BCUT2D eigenvalue weighted by atomic mass is 10.1. The molecule has 0 radical (unpaired) electrons. The first-order valence-electron chi connectivity index (χ1n) is 7.79. The Morgan fingerprint density at radius 3 is 2.70 bits per heavy atom. The van der Waals surface area contributed by atoms with Crippen LogP contribution in [0.4, 0.5) is 5.13 Å². The third kappa shape index (κ3) is 2.76. The van der Waals surface area contributed by atoms with E-state index in [0.29, 0.717) is 19.5 Å². The van der Waals surface area contributed by atoms with Crippen LogP contribution in [0.2, 0.25) is 0 Å². The summed E-state index contributed by atoms with van der Waals surface area (Å²) in [5.74, 6) is 0.933. The highest BCUT2D eigenvalue weighted by Gasteiger charge is 2.33. The molecule has 0 bridgehead atoms. The number of piperazine rings is 1. The van der Waals surface area contributed by atoms with Crippen LogP contribution in [-0.4, -0.2) is 53.3 Å². The highest BCUT2D eigenvalue weighted by atomic mass is 32.1. The van der Waals surface area contributed by atoms with Crippen molar-refractivity contribution >= 4 is 22.4 Å². The zero-order chi connectivity index (χ0) is 15.8. The second-order valence-electron chi connectivity index (χ2n) is 5.83. The van der Waals surface area contributed by atoms with E-state index in [2.05, 4.69) is 15.1 Å². The van der Waals surface area contributed by atoms with E-state index in [-0.39, 0.29) is 12.0 Å². The van der Waals surface area contributed by atoms with E-state index in [4.69, 9.17) is 4.74 Å². The van der Waals surface area contributed by atoms with Crippen molar-refractivity contribution in [2.45, 2.75) is 19.4 Å². The van der Waals surface area contributed by atoms with Crippen LogP contribution >= 0.6 is 11.3 Å². The maximum atomic E-state index is 12.7. The number of rotatable bonds is 2. The topological polar surface area (TPSA) is 58.6 Å². The molecule has 1 fully saturated rings. The van der Waals surface area contributed by atoms with Gasteiger partial charge < -0.3 is 14.5 Å². The number of anilines is 1. The van der Waals surface area contributed by atoms with E-state index in [1.807, 2.05) is 36.1 Å². The average molecular weight is 330 g/mol. The van der Waals surface area contributed by atoms with E-state index in [0.717, 1.165) is 34.5 Å². The molecule has 0 saturated carbocycles. The van der Waals surface area contributed by atoms with Crippen molar-refractivity contribution < 1.29 is 9.53 Å². The number of para-hydroxylation sites is 1. The molecule has 1 aromatic heterocycles. The Morgan fingerprint density at radius 1 is 1.22 bits per heavy atom. The van der Waals surface area contributed by atoms with Crippen LogP contribution in [-0.2, 0) is 11.2 Å². The maximum Gasteiger partial charge on any atom is 0.264 e. The third-order valence-electron chi connectivity index (χ3n) is 4.30. The van der Waals surface area contributed by atoms with E-state index in [9.17, 15) is 4.79 Å². The molecule has 2 aromatic rings. The minimum Gasteiger partial charge on any atom is -0.480 e. The van der Waals surface area contributed by atoms with Crippen LogP contribution in [0.5, 0.6) is 5.75 Å². The quantitative estimate of drug-likeness (QED) is 0.835. The van der Waals surface area contributed by atoms with Crippen molar-refractivity contribution in [2.24, 2.45) is 0 Å². The second-order valence-corrected chi connectivity index (χ2v) is 6.99. The molecule has 3 heterocycles. The van der Waals surface area contributed by atoms with Gasteiger partial charge in [0.05, 0.1) is 0 Å². The van der Waals surface area contributed by atoms with Gasteiger partial charge in [-0.3, -0.25) is 4.79 Å². The van der Waals surface area contributed by atoms with Gasteiger partial charge in [-0.15, -0.1) is 10.2 Å². The molecule has 0 aliphatic carbocycles. The molecule has 6 nitrogen and oxygen atoms in total. The number of nitrogens with zero attached hydrogens (tertiary/aromatic N) is 4. The van der Waals surface area contributed by atoms with Gasteiger partial charge in [0.15, 0.2) is 6.10 Å². The van der Waals surface area contributed by atoms with Gasteiger partial charge in [0, 0.05) is 32.6 Å². The number of ether oxygens (including phenoxy) is 1. The van der Waals surface area contributed by atoms with Crippen LogP contribution in [0.25, 0.3) is 0 Å². The second kappa shape index (κ2) is 5.81. The Kier molecular flexibility index (Phi) is 3.65. The predicted molar refractivity (Wildman–Crippen MR) is 88.0 cm³/mol. The molecule has 7 heteroatoms. The molecule has 1 atom stereocenters. The Balaban J connectivity index is 1.37. The van der Waals surface area contributed by atoms with Crippen LogP contribution in [0.3, 0.4) is 0 Å². The summed E-state index contributed by atoms with van der Waals surface area (Å²) in [5.41, 5.74) is 1.12. The van der Waals surface area contributed by atoms with Gasteiger partial charge in [-0.25, -0.2) is 0 Å². The summed E-state index contributed by atoms with van der Waals surface area (Å²) >= 11 is 1.60. The van der Waals surface area contributed by atoms with E-state index in [1.165, 1.54) is 0 Å². The first-order chi connectivity index (χ1) is 11.2. The van der Waals surface area contributed by atoms with Crippen molar-refractivity contribution in [1.82, 2.24) is 15.1 Å². The fraction of sp³-hybridized carbons (Fsp3) is 0.438. The number of amides is 1. The molecule has 1 unspecified atom stereocenters. The van der Waals surface area contributed by atoms with Gasteiger partial charge in [-0.1, -0.05) is 29.5 Å². The number of benzene rings is 1. The number of hydrogen-bond donors (Lipinski definition) is 0. The van der Waals surface area contributed by atoms with Crippen molar-refractivity contribution in [3.8, 4) is 5.75 Å². The van der Waals surface area contributed by atoms with Gasteiger partial charge in [0.25, 0.3) is 5.91 Å². The maximum absolute atomic E-state index is 12.7. The Morgan fingerprint density at radius 2 is 2.00 bits per heavy atom. The molecule has 4 rings (SSSR count). The molecule has 2 aliphatic heterocycles. The number of hydrogen-bond acceptors (Lipinski definition) is 6. The molecule has 2 aliphatic rings. The number of aryl methyl sites for hydroxylation is 1. The zero-order valence-electron chi connectivity index (χ0n) is 12.9. The smallest absolute Gasteiger partial charge is 0.264 e. The predicted octanol–water partition coefficient (Wildman–Crippen LogP) is 1.50. The standard InChI is InChI=1S/C16H18N4O2S/c1-11-17-18-16(23-11)20-8-6-19(7-9-20)15(21)14-10-12-4-2-3-5-13(12)22-14/h2-5,14H,6-10H2,1H3. The van der Waals surface area contributed by atoms with Crippen molar-refractivity contribution in [3.05, 3.63) is 34.8 Å². The van der Waals surface area contributed by atoms with Crippen molar-refractivity contribution in [1.29, 1.82) is 0 Å². The number of aromatic nitrogens is 2. The molecule has 23 heavy (non-hydrogen) atoms. The lowest BCUT2D eigenvalue weighted by Crippen LogP contribution is -2.52. The number of fused-ring (bicyclic) bond motifs is 1. The molecule has 120 valence electrons. The molecule has 1 amide bonds. The SMILES string of the molecule is Cc1nnc(N2CCN(C(=O)C3Cc4ccccc4O3)CC2)s1. The van der Waals surface area contributed by atoms with Gasteiger partial charge in [-0.05, 0) is 18.6 Å². The first kappa shape index (κ1) is 14.4. The monoisotopic (exact) mass is 330 g/mol. The van der Waals surface area contributed by atoms with Crippen LogP contribution in [0, 0.1) is 6.92 Å². The van der Waals surface area contributed by atoms with E-state index >= 15 is 0 Å². The summed E-state index contributed by atoms with van der Waals surface area (Å²) in [7, 11) is 0. The highest BCUT2D eigenvalue weighted by molar-refractivity contribution is 7.15. The normalized spacial score (nSPS) is 20.3. The summed E-state index contributed by atoms with van der Waals surface area (Å²) in [6.45, 7) is 4.94. The molecule has 0 spiro atoms. The molecule has 1 saturated heterocycles. The molecule has 1 aromatic carbocycles. The molecular weight excluding hydrogens is 312 g/mol. The fourth-order valence-electron chi connectivity index (χ4n) is 3.06. The van der Waals surface area contributed by atoms with Crippen molar-refractivity contribution in [3.63, 3.8) is 0 Å². The lowest BCUT2D eigenvalue weighted by molar-refractivity contribution is -0.138. The van der Waals surface area contributed by atoms with Crippen molar-refractivity contribution in [2.75, 3.05) is 31.1 Å². The Labute approximate surface area is 138 Å². The average Bonchev–Trinajstić information content (AvgIpc) is 3.20. The van der Waals surface area contributed by atoms with E-state index in [1.54, 1.807) is 11.3 Å². The van der Waals surface area contributed by atoms with Gasteiger partial charge in [0.1, 0.15) is 10.8 Å². The summed E-state index contributed by atoms with van der Waals surface area (Å²) in [6, 6.07) is 7.88. The first-order valence-corrected chi connectivity index (χ1v) is 8.61. The minimum atomic E-state index is -0.372. The van der Waals surface area contributed by atoms with E-state index < -0.39 is 0 Å². The Hall–Kier alpha value is -2.15. The van der Waals surface area contributed by atoms with Crippen LogP contribution in [0.1, 0.15) is 10.6 Å². The fourth-order valence-corrected chi connectivity index (χ4v) is 3.79. The zero-order valence-corrected chi connectivity index (χ0v) is 13.8. The van der Waals surface area contributed by atoms with Gasteiger partial charge >= 0.3 is 0 Å². The van der Waals surface area contributed by atoms with Crippen LogP contribution in [0.15, 0.2) is 24.3 Å². The Bertz CT molecular complexity index is 699. The van der Waals surface area contributed by atoms with Gasteiger partial charge in [-0.2, -0.15) is 0 Å². The summed E-state index contributed by atoms with van der Waals surface area (Å²) in [6.07, 6.45) is 0.299. The van der Waals surface area contributed by atoms with Crippen LogP contribution < -0.4 is 9.64 Å². The molecular formula is C16H18N4O2S. The third-order valence-corrected chi connectivity index (χ3v) is 5.20. The molecule has 0 N–H and O–H groups in total. The summed E-state index contributed by atoms with van der Waals surface area (Å²) < 4.78 is 5.81. The summed E-state index contributed by atoms with van der Waals surface area (Å²) in [4.78, 5) is 16.8. The van der Waals surface area contributed by atoms with Gasteiger partial charge in [0.2, 0.25) is 5.13 Å². The lowest BCUT2D eigenvalue weighted by Gasteiger charge is -2.35. The largest absolute Gasteiger partial charge is 0.480 e.